The molecule has 0 aliphatic carbocycles. The molecule has 1 aromatic rings. The Kier molecular flexibility index (Phi) is 3.54. The summed E-state index contributed by atoms with van der Waals surface area (Å²) in [7, 11) is 0. The second kappa shape index (κ2) is 4.90. The normalized spacial score (nSPS) is 16.9. The van der Waals surface area contributed by atoms with Gasteiger partial charge in [0.15, 0.2) is 0 Å². The molecular weight excluding hydrogens is 254 g/mol. The first kappa shape index (κ1) is 10.8. The number of aldehydes is 1. The summed E-state index contributed by atoms with van der Waals surface area (Å²) in [6.45, 7) is 3.38. The van der Waals surface area contributed by atoms with E-state index in [2.05, 4.69) is 20.8 Å². The van der Waals surface area contributed by atoms with Gasteiger partial charge in [-0.1, -0.05) is 28.1 Å². The molecule has 2 rings (SSSR count). The highest BCUT2D eigenvalue weighted by Crippen LogP contribution is 2.21. The van der Waals surface area contributed by atoms with Crippen LogP contribution in [0.15, 0.2) is 22.7 Å². The van der Waals surface area contributed by atoms with Crippen LogP contribution in [0.1, 0.15) is 28.8 Å². The molecular formula is C12H14BrNO. The Balaban J connectivity index is 2.10. The Hall–Kier alpha value is -0.670. The van der Waals surface area contributed by atoms with Crippen molar-refractivity contribution in [3.05, 3.63) is 33.8 Å². The quantitative estimate of drug-likeness (QED) is 0.786. The minimum atomic E-state index is 0.729. The van der Waals surface area contributed by atoms with Gasteiger partial charge in [0.25, 0.3) is 0 Å². The molecule has 80 valence electrons. The molecule has 0 unspecified atom stereocenters. The molecule has 0 atom stereocenters. The van der Waals surface area contributed by atoms with E-state index in [9.17, 15) is 4.79 Å². The van der Waals surface area contributed by atoms with Crippen LogP contribution in [0.25, 0.3) is 0 Å². The fourth-order valence-corrected chi connectivity index (χ4v) is 2.47. The van der Waals surface area contributed by atoms with Crippen molar-refractivity contribution < 1.29 is 4.79 Å². The highest BCUT2D eigenvalue weighted by molar-refractivity contribution is 9.10. The Labute approximate surface area is 98.4 Å². The number of hydrogen-bond donors (Lipinski definition) is 0. The standard InChI is InChI=1S/C12H14BrNO/c13-12-7-10(9-15)3-4-11(12)8-14-5-1-2-6-14/h3-4,7,9H,1-2,5-6,8H2. The summed E-state index contributed by atoms with van der Waals surface area (Å²) in [4.78, 5) is 13.0. The second-order valence-electron chi connectivity index (χ2n) is 3.95. The van der Waals surface area contributed by atoms with Gasteiger partial charge in [-0.2, -0.15) is 0 Å². The van der Waals surface area contributed by atoms with Crippen LogP contribution < -0.4 is 0 Å². The summed E-state index contributed by atoms with van der Waals surface area (Å²) in [6, 6.07) is 5.80. The van der Waals surface area contributed by atoms with E-state index in [4.69, 9.17) is 0 Å². The third-order valence-electron chi connectivity index (χ3n) is 2.81. The van der Waals surface area contributed by atoms with E-state index in [1.54, 1.807) is 0 Å². The van der Waals surface area contributed by atoms with E-state index in [0.29, 0.717) is 0 Å². The van der Waals surface area contributed by atoms with Gasteiger partial charge >= 0.3 is 0 Å². The van der Waals surface area contributed by atoms with Gasteiger partial charge in [-0.15, -0.1) is 0 Å². The predicted molar refractivity (Wildman–Crippen MR) is 64.0 cm³/mol. The van der Waals surface area contributed by atoms with Gasteiger partial charge in [0.2, 0.25) is 0 Å². The van der Waals surface area contributed by atoms with Crippen LogP contribution in [0.3, 0.4) is 0 Å². The van der Waals surface area contributed by atoms with Crippen LogP contribution in [0, 0.1) is 0 Å². The number of benzene rings is 1. The van der Waals surface area contributed by atoms with Crippen molar-refractivity contribution in [1.82, 2.24) is 4.90 Å². The lowest BCUT2D eigenvalue weighted by Gasteiger charge is -2.15. The minimum Gasteiger partial charge on any atom is -0.299 e. The van der Waals surface area contributed by atoms with Crippen LogP contribution >= 0.6 is 15.9 Å². The maximum absolute atomic E-state index is 10.6. The van der Waals surface area contributed by atoms with Crippen molar-refractivity contribution in [1.29, 1.82) is 0 Å². The zero-order valence-electron chi connectivity index (χ0n) is 8.58. The lowest BCUT2D eigenvalue weighted by Crippen LogP contribution is -2.18. The van der Waals surface area contributed by atoms with Gasteiger partial charge in [-0.3, -0.25) is 9.69 Å². The van der Waals surface area contributed by atoms with Gasteiger partial charge in [0.1, 0.15) is 6.29 Å². The molecule has 0 saturated carbocycles. The van der Waals surface area contributed by atoms with E-state index < -0.39 is 0 Å². The Morgan fingerprint density at radius 2 is 2.07 bits per heavy atom. The van der Waals surface area contributed by atoms with Crippen LogP contribution in [0.2, 0.25) is 0 Å². The van der Waals surface area contributed by atoms with Gasteiger partial charge < -0.3 is 0 Å². The smallest absolute Gasteiger partial charge is 0.150 e. The first-order chi connectivity index (χ1) is 7.29. The molecule has 15 heavy (non-hydrogen) atoms. The molecule has 1 heterocycles. The van der Waals surface area contributed by atoms with Crippen molar-refractivity contribution in [2.24, 2.45) is 0 Å². The summed E-state index contributed by atoms with van der Waals surface area (Å²) >= 11 is 3.51. The lowest BCUT2D eigenvalue weighted by atomic mass is 10.1. The number of halogens is 1. The van der Waals surface area contributed by atoms with Crippen molar-refractivity contribution in [3.8, 4) is 0 Å². The zero-order valence-corrected chi connectivity index (χ0v) is 10.2. The summed E-state index contributed by atoms with van der Waals surface area (Å²) in [5.41, 5.74) is 1.99. The van der Waals surface area contributed by atoms with Gasteiger partial charge in [-0.25, -0.2) is 0 Å². The van der Waals surface area contributed by atoms with E-state index >= 15 is 0 Å². The van der Waals surface area contributed by atoms with Crippen LogP contribution in [0.4, 0.5) is 0 Å². The fourth-order valence-electron chi connectivity index (χ4n) is 1.95. The predicted octanol–water partition coefficient (Wildman–Crippen LogP) is 2.86. The minimum absolute atomic E-state index is 0.729. The zero-order chi connectivity index (χ0) is 10.7. The fraction of sp³-hybridized carbons (Fsp3) is 0.417. The molecule has 0 spiro atoms. The average Bonchev–Trinajstić information content (AvgIpc) is 2.74. The average molecular weight is 268 g/mol. The maximum Gasteiger partial charge on any atom is 0.150 e. The molecule has 0 aromatic heterocycles. The van der Waals surface area contributed by atoms with Gasteiger partial charge in [0, 0.05) is 16.6 Å². The number of carbonyl (C=O) groups excluding carboxylic acids is 1. The summed E-state index contributed by atoms with van der Waals surface area (Å²) in [5, 5.41) is 0. The second-order valence-corrected chi connectivity index (χ2v) is 4.81. The van der Waals surface area contributed by atoms with E-state index in [0.717, 1.165) is 22.9 Å². The largest absolute Gasteiger partial charge is 0.299 e. The molecule has 1 fully saturated rings. The van der Waals surface area contributed by atoms with Crippen molar-refractivity contribution in [3.63, 3.8) is 0 Å². The van der Waals surface area contributed by atoms with Crippen LogP contribution in [-0.2, 0) is 6.54 Å². The van der Waals surface area contributed by atoms with E-state index in [1.165, 1.54) is 31.5 Å². The SMILES string of the molecule is O=Cc1ccc(CN2CCCC2)c(Br)c1. The maximum atomic E-state index is 10.6. The molecule has 0 amide bonds. The molecule has 1 aliphatic rings. The molecule has 1 saturated heterocycles. The summed E-state index contributed by atoms with van der Waals surface area (Å²) < 4.78 is 1.04. The first-order valence-corrected chi connectivity index (χ1v) is 6.05. The monoisotopic (exact) mass is 267 g/mol. The Morgan fingerprint density at radius 1 is 1.33 bits per heavy atom. The summed E-state index contributed by atoms with van der Waals surface area (Å²) in [6.07, 6.45) is 3.50. The van der Waals surface area contributed by atoms with Gasteiger partial charge in [0.05, 0.1) is 0 Å². The number of rotatable bonds is 3. The van der Waals surface area contributed by atoms with Crippen LogP contribution in [-0.4, -0.2) is 24.3 Å². The summed E-state index contributed by atoms with van der Waals surface area (Å²) in [5.74, 6) is 0. The number of nitrogens with zero attached hydrogens (tertiary/aromatic N) is 1. The Morgan fingerprint density at radius 3 is 2.67 bits per heavy atom. The number of carbonyl (C=O) groups is 1. The van der Waals surface area contributed by atoms with Crippen molar-refractivity contribution in [2.75, 3.05) is 13.1 Å². The molecule has 1 aromatic carbocycles. The topological polar surface area (TPSA) is 20.3 Å². The number of likely N-dealkylation sites (tertiary alicyclic amines) is 1. The molecule has 0 bridgehead atoms. The molecule has 0 radical (unpaired) electrons. The highest BCUT2D eigenvalue weighted by Gasteiger charge is 2.13. The number of hydrogen-bond acceptors (Lipinski definition) is 2. The molecule has 1 aliphatic heterocycles. The van der Waals surface area contributed by atoms with E-state index in [-0.39, 0.29) is 0 Å². The van der Waals surface area contributed by atoms with Crippen molar-refractivity contribution in [2.45, 2.75) is 19.4 Å². The Bertz CT molecular complexity index is 359. The van der Waals surface area contributed by atoms with E-state index in [1.807, 2.05) is 18.2 Å². The van der Waals surface area contributed by atoms with Crippen LogP contribution in [0.5, 0.6) is 0 Å². The third kappa shape index (κ3) is 2.67. The van der Waals surface area contributed by atoms with Crippen molar-refractivity contribution >= 4 is 22.2 Å². The first-order valence-electron chi connectivity index (χ1n) is 5.25. The lowest BCUT2D eigenvalue weighted by molar-refractivity contribution is 0.112. The van der Waals surface area contributed by atoms with Gasteiger partial charge in [-0.05, 0) is 37.6 Å². The highest BCUT2D eigenvalue weighted by atomic mass is 79.9. The molecule has 2 nitrogen and oxygen atoms in total. The third-order valence-corrected chi connectivity index (χ3v) is 3.54. The molecule has 0 N–H and O–H groups in total. The molecule has 3 heteroatoms.